The molecule has 0 saturated carbocycles. The number of fused-ring (bicyclic) bond motifs is 2. The van der Waals surface area contributed by atoms with Crippen molar-refractivity contribution in [2.75, 3.05) is 0 Å². The van der Waals surface area contributed by atoms with E-state index in [1.165, 1.54) is 0 Å². The zero-order valence-corrected chi connectivity index (χ0v) is 18.6. The van der Waals surface area contributed by atoms with E-state index in [1.54, 1.807) is 15.6 Å². The van der Waals surface area contributed by atoms with Gasteiger partial charge in [-0.2, -0.15) is 10.4 Å². The van der Waals surface area contributed by atoms with Crippen LogP contribution in [-0.2, 0) is 13.1 Å². The number of para-hydroxylation sites is 1. The van der Waals surface area contributed by atoms with Gasteiger partial charge in [0.05, 0.1) is 12.2 Å². The SMILES string of the molecule is N#Cc1c(-c2ccc(Oc3ccccc3)cc2)nn2c(CN3Cc4ccccc4C3=O)ccnc12. The van der Waals surface area contributed by atoms with Gasteiger partial charge in [-0.05, 0) is 54.1 Å². The van der Waals surface area contributed by atoms with Gasteiger partial charge in [0.15, 0.2) is 5.65 Å². The molecule has 7 nitrogen and oxygen atoms in total. The minimum absolute atomic E-state index is 0.00699. The number of amides is 1. The summed E-state index contributed by atoms with van der Waals surface area (Å²) >= 11 is 0. The molecule has 0 spiro atoms. The highest BCUT2D eigenvalue weighted by molar-refractivity contribution is 5.98. The van der Waals surface area contributed by atoms with E-state index < -0.39 is 0 Å². The van der Waals surface area contributed by atoms with Crippen molar-refractivity contribution in [2.24, 2.45) is 0 Å². The topological polar surface area (TPSA) is 83.5 Å². The fraction of sp³-hybridized carbons (Fsp3) is 0.0714. The van der Waals surface area contributed by atoms with Gasteiger partial charge in [-0.15, -0.1) is 0 Å². The normalized spacial score (nSPS) is 12.5. The van der Waals surface area contributed by atoms with Gasteiger partial charge >= 0.3 is 0 Å². The number of benzene rings is 3. The van der Waals surface area contributed by atoms with Gasteiger partial charge in [-0.25, -0.2) is 9.50 Å². The highest BCUT2D eigenvalue weighted by Gasteiger charge is 2.28. The minimum atomic E-state index is -0.00699. The van der Waals surface area contributed by atoms with Crippen molar-refractivity contribution in [3.8, 4) is 28.8 Å². The Hall–Kier alpha value is -4.96. The molecule has 3 aromatic carbocycles. The van der Waals surface area contributed by atoms with Gasteiger partial charge in [-0.3, -0.25) is 4.79 Å². The lowest BCUT2D eigenvalue weighted by Crippen LogP contribution is -2.24. The van der Waals surface area contributed by atoms with Crippen LogP contribution in [0.3, 0.4) is 0 Å². The molecule has 6 rings (SSSR count). The van der Waals surface area contributed by atoms with Crippen molar-refractivity contribution in [1.29, 1.82) is 5.26 Å². The Morgan fingerprint density at radius 3 is 2.43 bits per heavy atom. The third-order valence-corrected chi connectivity index (χ3v) is 6.06. The first kappa shape index (κ1) is 20.6. The van der Waals surface area contributed by atoms with Gasteiger partial charge < -0.3 is 9.64 Å². The zero-order chi connectivity index (χ0) is 23.8. The van der Waals surface area contributed by atoms with Crippen molar-refractivity contribution in [2.45, 2.75) is 13.1 Å². The average molecular weight is 457 g/mol. The number of nitrogens with zero attached hydrogens (tertiary/aromatic N) is 5. The van der Waals surface area contributed by atoms with Gasteiger partial charge in [0.1, 0.15) is 28.8 Å². The lowest BCUT2D eigenvalue weighted by Gasteiger charge is -2.16. The van der Waals surface area contributed by atoms with Gasteiger partial charge in [0.2, 0.25) is 0 Å². The number of aromatic nitrogens is 3. The quantitative estimate of drug-likeness (QED) is 0.361. The lowest BCUT2D eigenvalue weighted by atomic mass is 10.1. The van der Waals surface area contributed by atoms with Crippen molar-refractivity contribution in [3.63, 3.8) is 0 Å². The molecule has 0 radical (unpaired) electrons. The minimum Gasteiger partial charge on any atom is -0.457 e. The summed E-state index contributed by atoms with van der Waals surface area (Å²) in [5.74, 6) is 1.43. The Morgan fingerprint density at radius 2 is 1.66 bits per heavy atom. The largest absolute Gasteiger partial charge is 0.457 e. The Morgan fingerprint density at radius 1 is 0.914 bits per heavy atom. The second-order valence-corrected chi connectivity index (χ2v) is 8.26. The molecule has 168 valence electrons. The molecular formula is C28H19N5O2. The number of hydrogen-bond acceptors (Lipinski definition) is 5. The van der Waals surface area contributed by atoms with Crippen molar-refractivity contribution < 1.29 is 9.53 Å². The summed E-state index contributed by atoms with van der Waals surface area (Å²) in [5.41, 5.74) is 4.70. The smallest absolute Gasteiger partial charge is 0.254 e. The number of nitriles is 1. The molecule has 1 aliphatic heterocycles. The molecule has 5 aromatic rings. The molecule has 0 aliphatic carbocycles. The van der Waals surface area contributed by atoms with Crippen molar-refractivity contribution >= 4 is 11.6 Å². The van der Waals surface area contributed by atoms with Crippen LogP contribution in [0.25, 0.3) is 16.9 Å². The number of hydrogen-bond donors (Lipinski definition) is 0. The molecule has 0 unspecified atom stereocenters. The molecule has 0 atom stereocenters. The van der Waals surface area contributed by atoms with Gasteiger partial charge in [0.25, 0.3) is 5.91 Å². The predicted octanol–water partition coefficient (Wildman–Crippen LogP) is 5.22. The first-order valence-corrected chi connectivity index (χ1v) is 11.2. The Labute approximate surface area is 201 Å². The van der Waals surface area contributed by atoms with E-state index in [4.69, 9.17) is 9.84 Å². The van der Waals surface area contributed by atoms with Crippen LogP contribution in [-0.4, -0.2) is 25.4 Å². The third kappa shape index (κ3) is 3.67. The zero-order valence-electron chi connectivity index (χ0n) is 18.6. The molecule has 3 heterocycles. The molecule has 1 aliphatic rings. The molecule has 2 aromatic heterocycles. The molecule has 1 amide bonds. The second kappa shape index (κ2) is 8.43. The number of carbonyl (C=O) groups is 1. The third-order valence-electron chi connectivity index (χ3n) is 6.06. The molecule has 0 fully saturated rings. The summed E-state index contributed by atoms with van der Waals surface area (Å²) < 4.78 is 7.54. The van der Waals surface area contributed by atoms with E-state index >= 15 is 0 Å². The molecule has 0 N–H and O–H groups in total. The van der Waals surface area contributed by atoms with E-state index in [2.05, 4.69) is 11.1 Å². The molecule has 35 heavy (non-hydrogen) atoms. The maximum Gasteiger partial charge on any atom is 0.254 e. The highest BCUT2D eigenvalue weighted by Crippen LogP contribution is 2.30. The molecule has 0 bridgehead atoms. The fourth-order valence-electron chi connectivity index (χ4n) is 4.36. The number of ether oxygens (including phenoxy) is 1. The van der Waals surface area contributed by atoms with Crippen LogP contribution in [0.1, 0.15) is 27.2 Å². The number of rotatable bonds is 5. The van der Waals surface area contributed by atoms with Crippen LogP contribution >= 0.6 is 0 Å². The van der Waals surface area contributed by atoms with Crippen molar-refractivity contribution in [3.05, 3.63) is 114 Å². The van der Waals surface area contributed by atoms with Crippen LogP contribution in [0.5, 0.6) is 11.5 Å². The maximum absolute atomic E-state index is 12.9. The Balaban J connectivity index is 1.32. The van der Waals surface area contributed by atoms with Crippen LogP contribution in [0.2, 0.25) is 0 Å². The van der Waals surface area contributed by atoms with E-state index in [1.807, 2.05) is 84.9 Å². The summed E-state index contributed by atoms with van der Waals surface area (Å²) in [6, 6.07) is 28.7. The monoisotopic (exact) mass is 457 g/mol. The summed E-state index contributed by atoms with van der Waals surface area (Å²) in [4.78, 5) is 19.1. The summed E-state index contributed by atoms with van der Waals surface area (Å²) in [7, 11) is 0. The summed E-state index contributed by atoms with van der Waals surface area (Å²) in [5, 5.41) is 14.7. The lowest BCUT2D eigenvalue weighted by molar-refractivity contribution is 0.0763. The highest BCUT2D eigenvalue weighted by atomic mass is 16.5. The molecule has 0 saturated heterocycles. The fourth-order valence-corrected chi connectivity index (χ4v) is 4.36. The van der Waals surface area contributed by atoms with E-state index in [0.29, 0.717) is 35.7 Å². The van der Waals surface area contributed by atoms with Crippen LogP contribution in [0, 0.1) is 11.3 Å². The average Bonchev–Trinajstić information content (AvgIpc) is 3.43. The van der Waals surface area contributed by atoms with Crippen LogP contribution in [0.4, 0.5) is 0 Å². The standard InChI is InChI=1S/C28H19N5O2/c29-16-25-26(19-10-12-23(13-11-19)35-22-7-2-1-3-8-22)31-33-21(14-15-30-27(25)33)18-32-17-20-6-4-5-9-24(20)28(32)34/h1-15H,17-18H2. The van der Waals surface area contributed by atoms with E-state index in [-0.39, 0.29) is 5.91 Å². The molecular weight excluding hydrogens is 438 g/mol. The van der Waals surface area contributed by atoms with Crippen molar-refractivity contribution in [1.82, 2.24) is 19.5 Å². The summed E-state index contributed by atoms with van der Waals surface area (Å²) in [6.07, 6.45) is 1.65. The molecule has 7 heteroatoms. The van der Waals surface area contributed by atoms with E-state index in [9.17, 15) is 10.1 Å². The summed E-state index contributed by atoms with van der Waals surface area (Å²) in [6.45, 7) is 0.906. The first-order valence-electron chi connectivity index (χ1n) is 11.2. The van der Waals surface area contributed by atoms with Crippen LogP contribution < -0.4 is 4.74 Å². The number of carbonyl (C=O) groups excluding carboxylic acids is 1. The Kier molecular flexibility index (Phi) is 4.97. The Bertz CT molecular complexity index is 1600. The van der Waals surface area contributed by atoms with Crippen LogP contribution in [0.15, 0.2) is 91.1 Å². The van der Waals surface area contributed by atoms with Gasteiger partial charge in [-0.1, -0.05) is 36.4 Å². The maximum atomic E-state index is 12.9. The second-order valence-electron chi connectivity index (χ2n) is 8.26. The first-order chi connectivity index (χ1) is 17.2. The van der Waals surface area contributed by atoms with Gasteiger partial charge in [0, 0.05) is 23.9 Å². The predicted molar refractivity (Wildman–Crippen MR) is 130 cm³/mol. The van der Waals surface area contributed by atoms with E-state index in [0.717, 1.165) is 28.1 Å².